The minimum Gasteiger partial charge on any atom is -0.374 e. The van der Waals surface area contributed by atoms with Gasteiger partial charge >= 0.3 is 0 Å². The summed E-state index contributed by atoms with van der Waals surface area (Å²) in [5.41, 5.74) is 0.718. The third-order valence-corrected chi connectivity index (χ3v) is 5.74. The lowest BCUT2D eigenvalue weighted by Gasteiger charge is -2.33. The van der Waals surface area contributed by atoms with Crippen LogP contribution in [0.2, 0.25) is 0 Å². The topological polar surface area (TPSA) is 76.5 Å². The summed E-state index contributed by atoms with van der Waals surface area (Å²) in [6.45, 7) is 8.53. The Morgan fingerprint density at radius 3 is 2.87 bits per heavy atom. The number of ether oxygens (including phenoxy) is 1. The minimum atomic E-state index is -0.0238. The van der Waals surface area contributed by atoms with Gasteiger partial charge in [0, 0.05) is 45.1 Å². The van der Waals surface area contributed by atoms with Gasteiger partial charge < -0.3 is 10.1 Å². The van der Waals surface area contributed by atoms with Crippen LogP contribution in [0.3, 0.4) is 0 Å². The van der Waals surface area contributed by atoms with Crippen LogP contribution in [0, 0.1) is 5.92 Å². The maximum atomic E-state index is 12.9. The Morgan fingerprint density at radius 1 is 1.30 bits per heavy atom. The van der Waals surface area contributed by atoms with E-state index in [2.05, 4.69) is 24.1 Å². The smallest absolute Gasteiger partial charge is 0.261 e. The molecule has 2 fully saturated rings. The Bertz CT molecular complexity index is 951. The van der Waals surface area contributed by atoms with Crippen molar-refractivity contribution in [2.75, 3.05) is 32.8 Å². The van der Waals surface area contributed by atoms with E-state index in [4.69, 9.17) is 9.72 Å². The Labute approximate surface area is 177 Å². The van der Waals surface area contributed by atoms with E-state index in [1.54, 1.807) is 0 Å². The molecule has 1 unspecified atom stereocenters. The van der Waals surface area contributed by atoms with Crippen molar-refractivity contribution in [3.63, 3.8) is 0 Å². The number of fused-ring (bicyclic) bond motifs is 1. The van der Waals surface area contributed by atoms with E-state index in [1.807, 2.05) is 28.8 Å². The summed E-state index contributed by atoms with van der Waals surface area (Å²) in [7, 11) is 0. The number of hydrogen-bond acceptors (Lipinski definition) is 5. The van der Waals surface area contributed by atoms with Crippen LogP contribution in [0.25, 0.3) is 10.9 Å². The molecule has 1 saturated heterocycles. The summed E-state index contributed by atoms with van der Waals surface area (Å²) in [6, 6.07) is 7.67. The zero-order valence-corrected chi connectivity index (χ0v) is 18.0. The standard InChI is InChI=1S/C23H32N4O3/c1-16(2)14-26-11-12-30-18(15-26)13-24-22(28)10-9-21-25-20-6-4-3-5-19(20)23(29)27(21)17-7-8-17/h3-6,16-18H,7-15H2,1-2H3,(H,24,28). The molecule has 1 atom stereocenters. The number of aryl methyl sites for hydroxylation is 1. The molecule has 1 aromatic carbocycles. The summed E-state index contributed by atoms with van der Waals surface area (Å²) in [5, 5.41) is 3.66. The fourth-order valence-corrected chi connectivity index (χ4v) is 4.21. The molecule has 4 rings (SSSR count). The molecular formula is C23H32N4O3. The number of nitrogens with zero attached hydrogens (tertiary/aromatic N) is 3. The van der Waals surface area contributed by atoms with Gasteiger partial charge in [0.1, 0.15) is 5.82 Å². The number of amides is 1. The second kappa shape index (κ2) is 9.27. The largest absolute Gasteiger partial charge is 0.374 e. The Balaban J connectivity index is 1.34. The van der Waals surface area contributed by atoms with Crippen LogP contribution in [0.1, 0.15) is 45.0 Å². The van der Waals surface area contributed by atoms with Crippen LogP contribution in [-0.4, -0.2) is 59.2 Å². The number of benzene rings is 1. The third-order valence-electron chi connectivity index (χ3n) is 5.74. The predicted octanol–water partition coefficient (Wildman–Crippen LogP) is 2.14. The van der Waals surface area contributed by atoms with Crippen molar-refractivity contribution in [1.82, 2.24) is 19.8 Å². The molecule has 0 radical (unpaired) electrons. The lowest BCUT2D eigenvalue weighted by Crippen LogP contribution is -2.48. The fourth-order valence-electron chi connectivity index (χ4n) is 4.21. The highest BCUT2D eigenvalue weighted by Gasteiger charge is 2.28. The van der Waals surface area contributed by atoms with Gasteiger partial charge in [-0.1, -0.05) is 26.0 Å². The number of rotatable bonds is 8. The van der Waals surface area contributed by atoms with Crippen LogP contribution in [-0.2, 0) is 16.0 Å². The molecule has 2 aromatic rings. The average molecular weight is 413 g/mol. The molecule has 30 heavy (non-hydrogen) atoms. The molecule has 1 aliphatic heterocycles. The number of morpholine rings is 1. The highest BCUT2D eigenvalue weighted by Crippen LogP contribution is 2.34. The van der Waals surface area contributed by atoms with Gasteiger partial charge in [0.15, 0.2) is 0 Å². The van der Waals surface area contributed by atoms with Gasteiger partial charge in [-0.2, -0.15) is 0 Å². The number of para-hydroxylation sites is 1. The summed E-state index contributed by atoms with van der Waals surface area (Å²) in [4.78, 5) is 32.5. The first-order valence-electron chi connectivity index (χ1n) is 11.1. The lowest BCUT2D eigenvalue weighted by atomic mass is 10.1. The second-order valence-electron chi connectivity index (χ2n) is 8.90. The van der Waals surface area contributed by atoms with E-state index in [1.165, 1.54) is 0 Å². The molecule has 1 aliphatic carbocycles. The van der Waals surface area contributed by atoms with Crippen molar-refractivity contribution < 1.29 is 9.53 Å². The fraction of sp³-hybridized carbons (Fsp3) is 0.609. The first-order chi connectivity index (χ1) is 14.5. The number of nitrogens with one attached hydrogen (secondary N) is 1. The normalized spacial score (nSPS) is 20.0. The molecular weight excluding hydrogens is 380 g/mol. The van der Waals surface area contributed by atoms with E-state index < -0.39 is 0 Å². The molecule has 1 saturated carbocycles. The molecule has 2 aliphatic rings. The van der Waals surface area contributed by atoms with Crippen LogP contribution in [0.15, 0.2) is 29.1 Å². The number of carbonyl (C=O) groups is 1. The average Bonchev–Trinajstić information content (AvgIpc) is 3.55. The predicted molar refractivity (Wildman–Crippen MR) is 117 cm³/mol. The molecule has 7 nitrogen and oxygen atoms in total. The van der Waals surface area contributed by atoms with E-state index >= 15 is 0 Å². The molecule has 0 bridgehead atoms. The molecule has 1 amide bonds. The van der Waals surface area contributed by atoms with Gasteiger partial charge in [-0.05, 0) is 30.9 Å². The third kappa shape index (κ3) is 5.08. The summed E-state index contributed by atoms with van der Waals surface area (Å²) in [6.07, 6.45) is 2.83. The van der Waals surface area contributed by atoms with Crippen LogP contribution in [0.5, 0.6) is 0 Å². The Morgan fingerprint density at radius 2 is 2.10 bits per heavy atom. The Hall–Kier alpha value is -2.25. The van der Waals surface area contributed by atoms with E-state index in [0.29, 0.717) is 48.6 Å². The molecule has 1 aromatic heterocycles. The summed E-state index contributed by atoms with van der Waals surface area (Å²) >= 11 is 0. The Kier molecular flexibility index (Phi) is 6.49. The van der Waals surface area contributed by atoms with Gasteiger partial charge in [-0.25, -0.2) is 4.98 Å². The van der Waals surface area contributed by atoms with Gasteiger partial charge in [-0.15, -0.1) is 0 Å². The van der Waals surface area contributed by atoms with E-state index in [9.17, 15) is 9.59 Å². The number of hydrogen-bond donors (Lipinski definition) is 1. The number of aromatic nitrogens is 2. The minimum absolute atomic E-state index is 0.0133. The monoisotopic (exact) mass is 412 g/mol. The molecule has 2 heterocycles. The maximum absolute atomic E-state index is 12.9. The van der Waals surface area contributed by atoms with Crippen molar-refractivity contribution in [2.45, 2.75) is 51.7 Å². The van der Waals surface area contributed by atoms with Crippen molar-refractivity contribution >= 4 is 16.8 Å². The van der Waals surface area contributed by atoms with Gasteiger partial charge in [0.2, 0.25) is 5.91 Å². The maximum Gasteiger partial charge on any atom is 0.261 e. The van der Waals surface area contributed by atoms with Crippen LogP contribution < -0.4 is 10.9 Å². The summed E-state index contributed by atoms with van der Waals surface area (Å²) in [5.74, 6) is 1.31. The van der Waals surface area contributed by atoms with Crippen LogP contribution in [0.4, 0.5) is 0 Å². The van der Waals surface area contributed by atoms with E-state index in [0.717, 1.165) is 32.5 Å². The van der Waals surface area contributed by atoms with Crippen molar-refractivity contribution in [3.8, 4) is 0 Å². The van der Waals surface area contributed by atoms with Crippen LogP contribution >= 0.6 is 0 Å². The molecule has 7 heteroatoms. The SMILES string of the molecule is CC(C)CN1CCOC(CNC(=O)CCc2nc3ccccc3c(=O)n2C2CC2)C1. The highest BCUT2D eigenvalue weighted by molar-refractivity contribution is 5.78. The first kappa shape index (κ1) is 21.0. The van der Waals surface area contributed by atoms with Gasteiger partial charge in [0.25, 0.3) is 5.56 Å². The lowest BCUT2D eigenvalue weighted by molar-refractivity contribution is -0.122. The summed E-state index contributed by atoms with van der Waals surface area (Å²) < 4.78 is 7.62. The second-order valence-corrected chi connectivity index (χ2v) is 8.90. The molecule has 1 N–H and O–H groups in total. The van der Waals surface area contributed by atoms with E-state index in [-0.39, 0.29) is 23.6 Å². The van der Waals surface area contributed by atoms with Gasteiger partial charge in [-0.3, -0.25) is 19.1 Å². The van der Waals surface area contributed by atoms with Gasteiger partial charge in [0.05, 0.1) is 23.6 Å². The zero-order valence-electron chi connectivity index (χ0n) is 18.0. The first-order valence-corrected chi connectivity index (χ1v) is 11.1. The highest BCUT2D eigenvalue weighted by atomic mass is 16.5. The quantitative estimate of drug-likeness (QED) is 0.719. The molecule has 162 valence electrons. The van der Waals surface area contributed by atoms with Crippen molar-refractivity contribution in [2.24, 2.45) is 5.92 Å². The number of carbonyl (C=O) groups excluding carboxylic acids is 1. The van der Waals surface area contributed by atoms with Crippen molar-refractivity contribution in [3.05, 3.63) is 40.4 Å². The zero-order chi connectivity index (χ0) is 21.1. The van der Waals surface area contributed by atoms with Crippen molar-refractivity contribution in [1.29, 1.82) is 0 Å². The molecule has 0 spiro atoms.